The minimum Gasteiger partial charge on any atom is -0.394 e. The molecule has 0 aromatic carbocycles. The van der Waals surface area contributed by atoms with Crippen molar-refractivity contribution in [1.29, 1.82) is 0 Å². The highest BCUT2D eigenvalue weighted by Crippen LogP contribution is 2.30. The molecule has 0 aliphatic carbocycles. The van der Waals surface area contributed by atoms with Gasteiger partial charge in [0.2, 0.25) is 5.91 Å². The molecule has 0 bridgehead atoms. The maximum absolute atomic E-state index is 13.3. The van der Waals surface area contributed by atoms with E-state index in [2.05, 4.69) is 43.5 Å². The molecule has 1 amide bonds. The zero-order chi connectivity index (χ0) is 54.6. The Hall–Kier alpha value is -1.79. The summed E-state index contributed by atoms with van der Waals surface area (Å²) >= 11 is 0. The Bertz CT molecular complexity index is 1400. The quantitative estimate of drug-likeness (QED) is 0.0204. The van der Waals surface area contributed by atoms with Crippen molar-refractivity contribution >= 4 is 5.91 Å². The average molecular weight is 1070 g/mol. The van der Waals surface area contributed by atoms with Crippen LogP contribution in [-0.2, 0) is 23.7 Å². The first-order valence-electron chi connectivity index (χ1n) is 30.7. The molecule has 0 aromatic rings. The Kier molecular flexibility index (Phi) is 43.5. The molecular weight excluding hydrogens is 955 g/mol. The van der Waals surface area contributed by atoms with Crippen LogP contribution in [0.5, 0.6) is 0 Å². The maximum Gasteiger partial charge on any atom is 0.220 e. The fourth-order valence-electron chi connectivity index (χ4n) is 10.1. The SMILES string of the molecule is CCCCCCCCC/C=C\CCCCCCCCCC(=O)NC(COC1OC(CO)C(OC2OC(CO)C(O)C(O)C2O)C(O)C1O)C(O)/C=C/CC/C=C/CCCCCCCCCCCCCCCCCCC. The smallest absolute Gasteiger partial charge is 0.220 e. The summed E-state index contributed by atoms with van der Waals surface area (Å²) in [6.45, 7) is 2.80. The van der Waals surface area contributed by atoms with Crippen molar-refractivity contribution in [3.63, 3.8) is 0 Å². The van der Waals surface area contributed by atoms with Crippen molar-refractivity contribution in [1.82, 2.24) is 5.32 Å². The van der Waals surface area contributed by atoms with E-state index in [9.17, 15) is 45.6 Å². The van der Waals surface area contributed by atoms with E-state index < -0.39 is 86.8 Å². The van der Waals surface area contributed by atoms with Crippen LogP contribution in [0.1, 0.15) is 251 Å². The van der Waals surface area contributed by atoms with Crippen molar-refractivity contribution in [2.24, 2.45) is 0 Å². The molecule has 2 rings (SSSR count). The Morgan fingerprint density at radius 1 is 0.467 bits per heavy atom. The average Bonchev–Trinajstić information content (AvgIpc) is 3.41. The second-order valence-corrected chi connectivity index (χ2v) is 21.8. The first-order valence-corrected chi connectivity index (χ1v) is 30.7. The number of nitrogens with one attached hydrogen (secondary N) is 1. The van der Waals surface area contributed by atoms with Crippen molar-refractivity contribution < 1.29 is 64.6 Å². The molecule has 14 nitrogen and oxygen atoms in total. The van der Waals surface area contributed by atoms with Gasteiger partial charge in [0.25, 0.3) is 0 Å². The van der Waals surface area contributed by atoms with Gasteiger partial charge in [-0.1, -0.05) is 224 Å². The molecule has 75 heavy (non-hydrogen) atoms. The van der Waals surface area contributed by atoms with E-state index in [1.165, 1.54) is 180 Å². The van der Waals surface area contributed by atoms with Crippen LogP contribution in [0, 0.1) is 0 Å². The van der Waals surface area contributed by atoms with Gasteiger partial charge in [-0.15, -0.1) is 0 Å². The lowest BCUT2D eigenvalue weighted by atomic mass is 9.97. The number of ether oxygens (including phenoxy) is 4. The molecule has 12 unspecified atom stereocenters. The number of allylic oxidation sites excluding steroid dienone is 5. The summed E-state index contributed by atoms with van der Waals surface area (Å²) in [5.41, 5.74) is 0. The predicted molar refractivity (Wildman–Crippen MR) is 300 cm³/mol. The monoisotopic (exact) mass is 1070 g/mol. The van der Waals surface area contributed by atoms with Crippen LogP contribution in [0.4, 0.5) is 0 Å². The highest BCUT2D eigenvalue weighted by molar-refractivity contribution is 5.76. The van der Waals surface area contributed by atoms with Gasteiger partial charge in [-0.2, -0.15) is 0 Å². The molecule has 2 aliphatic rings. The standard InChI is InChI=1S/C61H113NO13/c1-3-5-7-9-11-13-15-17-19-21-23-24-25-26-27-28-30-32-34-36-38-40-42-44-50(65)49(62-53(66)45-43-41-39-37-35-33-31-29-22-20-18-16-14-12-10-8-6-4-2)48-72-60-58(71)56(69)59(52(47-64)74-60)75-61-57(70)55(68)54(67)51(46-63)73-61/h20,22,34,36,42,44,49-52,54-61,63-65,67-71H,3-19,21,23-33,35,37-41,43,45-48H2,1-2H3,(H,62,66)/b22-20-,36-34+,44-42+. The first kappa shape index (κ1) is 69.3. The summed E-state index contributed by atoms with van der Waals surface area (Å²) < 4.78 is 22.8. The molecule has 2 fully saturated rings. The maximum atomic E-state index is 13.3. The summed E-state index contributed by atoms with van der Waals surface area (Å²) in [5.74, 6) is -0.252. The van der Waals surface area contributed by atoms with Crippen LogP contribution in [0.25, 0.3) is 0 Å². The fourth-order valence-corrected chi connectivity index (χ4v) is 10.1. The van der Waals surface area contributed by atoms with Crippen LogP contribution < -0.4 is 5.32 Å². The lowest BCUT2D eigenvalue weighted by Gasteiger charge is -2.46. The second-order valence-electron chi connectivity index (χ2n) is 21.8. The zero-order valence-electron chi connectivity index (χ0n) is 47.3. The number of rotatable bonds is 49. The Morgan fingerprint density at radius 3 is 1.31 bits per heavy atom. The van der Waals surface area contributed by atoms with Crippen LogP contribution >= 0.6 is 0 Å². The highest BCUT2D eigenvalue weighted by atomic mass is 16.7. The van der Waals surface area contributed by atoms with Crippen LogP contribution in [0.2, 0.25) is 0 Å². The number of aliphatic hydroxyl groups excluding tert-OH is 8. The van der Waals surface area contributed by atoms with Gasteiger partial charge in [0.1, 0.15) is 48.8 Å². The van der Waals surface area contributed by atoms with Crippen molar-refractivity contribution in [3.05, 3.63) is 36.5 Å². The van der Waals surface area contributed by atoms with Crippen LogP contribution in [0.15, 0.2) is 36.5 Å². The topological polar surface area (TPSA) is 228 Å². The molecule has 440 valence electrons. The fraction of sp³-hybridized carbons (Fsp3) is 0.885. The third-order valence-electron chi connectivity index (χ3n) is 15.0. The number of carbonyl (C=O) groups excluding carboxylic acids is 1. The molecule has 14 heteroatoms. The van der Waals surface area contributed by atoms with E-state index in [0.717, 1.165) is 38.5 Å². The zero-order valence-corrected chi connectivity index (χ0v) is 47.3. The van der Waals surface area contributed by atoms with Gasteiger partial charge in [-0.25, -0.2) is 0 Å². The van der Waals surface area contributed by atoms with Gasteiger partial charge in [-0.05, 0) is 57.8 Å². The van der Waals surface area contributed by atoms with E-state index in [0.29, 0.717) is 12.8 Å². The molecule has 2 heterocycles. The molecule has 0 aromatic heterocycles. The third kappa shape index (κ3) is 32.8. The van der Waals surface area contributed by atoms with Crippen molar-refractivity contribution in [3.8, 4) is 0 Å². The lowest BCUT2D eigenvalue weighted by Crippen LogP contribution is -2.65. The molecule has 9 N–H and O–H groups in total. The summed E-state index contributed by atoms with van der Waals surface area (Å²) in [5, 5.41) is 87.1. The van der Waals surface area contributed by atoms with E-state index >= 15 is 0 Å². The van der Waals surface area contributed by atoms with Gasteiger partial charge in [0.05, 0.1) is 32.0 Å². The van der Waals surface area contributed by atoms with E-state index in [1.807, 2.05) is 6.08 Å². The van der Waals surface area contributed by atoms with Gasteiger partial charge in [-0.3, -0.25) is 4.79 Å². The van der Waals surface area contributed by atoms with Crippen LogP contribution in [0.3, 0.4) is 0 Å². The van der Waals surface area contributed by atoms with Gasteiger partial charge in [0.15, 0.2) is 12.6 Å². The lowest BCUT2D eigenvalue weighted by molar-refractivity contribution is -0.359. The van der Waals surface area contributed by atoms with Gasteiger partial charge in [0, 0.05) is 6.42 Å². The Morgan fingerprint density at radius 2 is 0.853 bits per heavy atom. The summed E-state index contributed by atoms with van der Waals surface area (Å²) in [4.78, 5) is 13.3. The molecule has 0 saturated carbocycles. The normalized spacial score (nSPS) is 25.3. The first-order chi connectivity index (χ1) is 36.6. The Labute approximate surface area is 455 Å². The molecular formula is C61H113NO13. The number of unbranched alkanes of at least 4 members (excludes halogenated alkanes) is 32. The minimum absolute atomic E-state index is 0.252. The summed E-state index contributed by atoms with van der Waals surface area (Å²) in [6, 6.07) is -0.933. The molecule has 2 saturated heterocycles. The molecule has 0 radical (unpaired) electrons. The number of hydrogen-bond acceptors (Lipinski definition) is 13. The molecule has 0 spiro atoms. The van der Waals surface area contributed by atoms with Crippen molar-refractivity contribution in [2.75, 3.05) is 19.8 Å². The van der Waals surface area contributed by atoms with E-state index in [4.69, 9.17) is 18.9 Å². The number of amides is 1. The second kappa shape index (κ2) is 47.1. The Balaban J connectivity index is 1.78. The number of aliphatic hydroxyl groups is 8. The predicted octanol–water partition coefficient (Wildman–Crippen LogP) is 10.6. The van der Waals surface area contributed by atoms with Gasteiger partial charge >= 0.3 is 0 Å². The third-order valence-corrected chi connectivity index (χ3v) is 15.0. The molecule has 2 aliphatic heterocycles. The molecule has 12 atom stereocenters. The number of carbonyl (C=O) groups is 1. The van der Waals surface area contributed by atoms with E-state index in [1.54, 1.807) is 6.08 Å². The number of hydrogen-bond donors (Lipinski definition) is 9. The summed E-state index contributed by atoms with van der Waals surface area (Å²) in [7, 11) is 0. The largest absolute Gasteiger partial charge is 0.394 e. The van der Waals surface area contributed by atoms with Crippen molar-refractivity contribution in [2.45, 2.75) is 325 Å². The van der Waals surface area contributed by atoms with E-state index in [-0.39, 0.29) is 18.9 Å². The highest BCUT2D eigenvalue weighted by Gasteiger charge is 2.51. The van der Waals surface area contributed by atoms with Crippen LogP contribution in [-0.4, -0.2) is 140 Å². The summed E-state index contributed by atoms with van der Waals surface area (Å²) in [6.07, 6.45) is 40.4. The van der Waals surface area contributed by atoms with Gasteiger partial charge < -0.3 is 65.1 Å². The minimum atomic E-state index is -1.79.